The van der Waals surface area contributed by atoms with Gasteiger partial charge in [0, 0.05) is 70.2 Å². The number of carboxylic acid groups (broad SMARTS) is 1. The lowest BCUT2D eigenvalue weighted by Gasteiger charge is -2.32. The number of carboxylic acids is 1. The third kappa shape index (κ3) is 11.6. The van der Waals surface area contributed by atoms with Gasteiger partial charge in [-0.15, -0.1) is 0 Å². The van der Waals surface area contributed by atoms with Crippen molar-refractivity contribution in [2.45, 2.75) is 96.3 Å². The zero-order valence-electron chi connectivity index (χ0n) is 32.8. The van der Waals surface area contributed by atoms with Crippen molar-refractivity contribution in [2.24, 2.45) is 5.92 Å². The number of aromatic nitrogens is 4. The highest BCUT2D eigenvalue weighted by Crippen LogP contribution is 2.41. The smallest absolute Gasteiger partial charge is 0.303 e. The van der Waals surface area contributed by atoms with E-state index in [1.165, 1.54) is 0 Å². The number of ether oxygens (including phenoxy) is 3. The lowest BCUT2D eigenvalue weighted by Crippen LogP contribution is -2.34. The van der Waals surface area contributed by atoms with E-state index in [2.05, 4.69) is 62.4 Å². The molecule has 0 saturated heterocycles. The van der Waals surface area contributed by atoms with Crippen LogP contribution in [0.1, 0.15) is 56.2 Å². The van der Waals surface area contributed by atoms with Crippen molar-refractivity contribution >= 4 is 39.7 Å². The molecule has 0 amide bonds. The van der Waals surface area contributed by atoms with Crippen molar-refractivity contribution in [3.63, 3.8) is 0 Å². The number of hydrogen-bond acceptors (Lipinski definition) is 8. The van der Waals surface area contributed by atoms with E-state index in [0.717, 1.165) is 82.9 Å². The molecular weight excluding hydrogens is 699 g/mol. The molecule has 10 nitrogen and oxygen atoms in total. The number of anilines is 1. The third-order valence-corrected chi connectivity index (χ3v) is 13.2. The lowest BCUT2D eigenvalue weighted by molar-refractivity contribution is -0.138. The first-order chi connectivity index (χ1) is 25.3. The van der Waals surface area contributed by atoms with E-state index in [-0.39, 0.29) is 18.3 Å². The molecule has 3 heterocycles. The molecule has 1 fully saturated rings. The van der Waals surface area contributed by atoms with Gasteiger partial charge >= 0.3 is 5.97 Å². The summed E-state index contributed by atoms with van der Waals surface area (Å²) in [6.07, 6.45) is 11.1. The van der Waals surface area contributed by atoms with E-state index in [9.17, 15) is 9.90 Å². The molecule has 5 rings (SSSR count). The van der Waals surface area contributed by atoms with E-state index in [1.807, 2.05) is 54.2 Å². The predicted octanol–water partition coefficient (Wildman–Crippen LogP) is 9.65. The molecule has 0 unspecified atom stereocenters. The van der Waals surface area contributed by atoms with Gasteiger partial charge in [-0.1, -0.05) is 75.7 Å². The summed E-state index contributed by atoms with van der Waals surface area (Å²) in [5.41, 5.74) is 6.39. The van der Waals surface area contributed by atoms with Gasteiger partial charge in [-0.25, -0.2) is 4.98 Å². The first-order valence-corrected chi connectivity index (χ1v) is 26.6. The summed E-state index contributed by atoms with van der Waals surface area (Å²) >= 11 is 0. The van der Waals surface area contributed by atoms with E-state index in [1.54, 1.807) is 6.26 Å². The Hall–Kier alpha value is -3.85. The molecule has 0 atom stereocenters. The van der Waals surface area contributed by atoms with Crippen molar-refractivity contribution in [1.29, 1.82) is 0 Å². The molecule has 0 bridgehead atoms. The molecule has 1 aromatic carbocycles. The van der Waals surface area contributed by atoms with Crippen molar-refractivity contribution in [1.82, 2.24) is 19.6 Å². The Labute approximate surface area is 317 Å². The minimum absolute atomic E-state index is 0.133. The average Bonchev–Trinajstić information content (AvgIpc) is 3.54. The van der Waals surface area contributed by atoms with Crippen LogP contribution < -0.4 is 4.90 Å². The number of benzene rings is 1. The van der Waals surface area contributed by atoms with Crippen LogP contribution >= 0.6 is 0 Å². The first-order valence-electron chi connectivity index (χ1n) is 19.2. The SMILES string of the molecule is CCO/C=C/c1c(C2CCC(CC(=O)O)CC2)nc2c(-c3ccc(-c4ccccc4)nc3)cnn2c1N(COCC[Si](C)(C)C)COCC[Si](C)(C)C. The van der Waals surface area contributed by atoms with Crippen molar-refractivity contribution in [3.05, 3.63) is 72.4 Å². The lowest BCUT2D eigenvalue weighted by atomic mass is 9.78. The second kappa shape index (κ2) is 18.5. The van der Waals surface area contributed by atoms with Crippen LogP contribution in [0, 0.1) is 5.92 Å². The Balaban J connectivity index is 1.63. The molecule has 53 heavy (non-hydrogen) atoms. The largest absolute Gasteiger partial charge is 0.501 e. The topological polar surface area (TPSA) is 111 Å². The van der Waals surface area contributed by atoms with Gasteiger partial charge in [0.05, 0.1) is 30.5 Å². The number of fused-ring (bicyclic) bond motifs is 1. The second-order valence-corrected chi connectivity index (χ2v) is 27.9. The van der Waals surface area contributed by atoms with E-state index < -0.39 is 22.1 Å². The zero-order chi connectivity index (χ0) is 38.0. The molecule has 1 N–H and O–H groups in total. The Morgan fingerprint density at radius 1 is 0.906 bits per heavy atom. The number of hydrogen-bond donors (Lipinski definition) is 1. The summed E-state index contributed by atoms with van der Waals surface area (Å²) in [7, 11) is -2.63. The highest BCUT2D eigenvalue weighted by atomic mass is 28.3. The van der Waals surface area contributed by atoms with Crippen LogP contribution in [-0.4, -0.2) is 80.1 Å². The van der Waals surface area contributed by atoms with Crippen LogP contribution in [0.2, 0.25) is 51.4 Å². The average molecular weight is 758 g/mol. The van der Waals surface area contributed by atoms with Gasteiger partial charge < -0.3 is 24.2 Å². The maximum atomic E-state index is 11.6. The van der Waals surface area contributed by atoms with Crippen LogP contribution in [-0.2, 0) is 19.0 Å². The van der Waals surface area contributed by atoms with Gasteiger partial charge in [-0.3, -0.25) is 9.78 Å². The summed E-state index contributed by atoms with van der Waals surface area (Å²) in [6, 6.07) is 16.4. The summed E-state index contributed by atoms with van der Waals surface area (Å²) in [6.45, 7) is 18.7. The number of nitrogens with zero attached hydrogens (tertiary/aromatic N) is 5. The van der Waals surface area contributed by atoms with Crippen LogP contribution in [0.3, 0.4) is 0 Å². The molecule has 3 aromatic heterocycles. The fourth-order valence-electron chi connectivity index (χ4n) is 6.68. The zero-order valence-corrected chi connectivity index (χ0v) is 34.8. The predicted molar refractivity (Wildman–Crippen MR) is 220 cm³/mol. The Morgan fingerprint density at radius 3 is 2.13 bits per heavy atom. The molecule has 0 spiro atoms. The first kappa shape index (κ1) is 40.3. The van der Waals surface area contributed by atoms with Gasteiger partial charge in [0.25, 0.3) is 0 Å². The fraction of sp³-hybridized carbons (Fsp3) is 0.512. The highest BCUT2D eigenvalue weighted by molar-refractivity contribution is 6.76. The monoisotopic (exact) mass is 757 g/mol. The van der Waals surface area contributed by atoms with Gasteiger partial charge in [0.1, 0.15) is 19.3 Å². The summed E-state index contributed by atoms with van der Waals surface area (Å²) in [5, 5.41) is 14.5. The Kier molecular flexibility index (Phi) is 14.1. The van der Waals surface area contributed by atoms with Crippen LogP contribution in [0.5, 0.6) is 0 Å². The Bertz CT molecular complexity index is 1770. The van der Waals surface area contributed by atoms with Crippen molar-refractivity contribution in [2.75, 3.05) is 38.2 Å². The molecule has 4 aromatic rings. The number of aliphatic carboxylic acids is 1. The summed E-state index contributed by atoms with van der Waals surface area (Å²) < 4.78 is 20.6. The van der Waals surface area contributed by atoms with Gasteiger partial charge in [-0.2, -0.15) is 9.61 Å². The van der Waals surface area contributed by atoms with Crippen molar-refractivity contribution < 1.29 is 24.1 Å². The van der Waals surface area contributed by atoms with E-state index >= 15 is 0 Å². The summed E-state index contributed by atoms with van der Waals surface area (Å²) in [5.74, 6) is 0.416. The summed E-state index contributed by atoms with van der Waals surface area (Å²) in [4.78, 5) is 24.0. The van der Waals surface area contributed by atoms with E-state index in [0.29, 0.717) is 33.3 Å². The number of carbonyl (C=O) groups is 1. The molecule has 0 aliphatic heterocycles. The fourth-order valence-corrected chi connectivity index (χ4v) is 8.20. The van der Waals surface area contributed by atoms with Crippen LogP contribution in [0.4, 0.5) is 5.82 Å². The van der Waals surface area contributed by atoms with Crippen LogP contribution in [0.25, 0.3) is 34.1 Å². The van der Waals surface area contributed by atoms with Gasteiger partial charge in [0.2, 0.25) is 0 Å². The van der Waals surface area contributed by atoms with E-state index in [4.69, 9.17) is 29.3 Å². The minimum Gasteiger partial charge on any atom is -0.501 e. The highest BCUT2D eigenvalue weighted by Gasteiger charge is 2.31. The van der Waals surface area contributed by atoms with Crippen molar-refractivity contribution in [3.8, 4) is 22.4 Å². The normalized spacial score (nSPS) is 16.7. The van der Waals surface area contributed by atoms with Crippen LogP contribution in [0.15, 0.2) is 61.1 Å². The van der Waals surface area contributed by atoms with Gasteiger partial charge in [0.15, 0.2) is 5.65 Å². The second-order valence-electron chi connectivity index (χ2n) is 16.6. The third-order valence-electron chi connectivity index (χ3n) is 9.81. The maximum Gasteiger partial charge on any atom is 0.303 e. The molecule has 12 heteroatoms. The molecular formula is C41H59N5O5Si2. The quantitative estimate of drug-likeness (QED) is 0.0433. The maximum absolute atomic E-state index is 11.6. The Morgan fingerprint density at radius 2 is 1.57 bits per heavy atom. The molecule has 286 valence electrons. The number of rotatable bonds is 19. The standard InChI is InChI=1S/C41H59N5O5Si2/c1-8-49-21-20-35-39(33-16-14-31(15-17-33)26-38(47)48)44-40-36(34-18-19-37(42-27-34)32-12-10-9-11-13-32)28-43-46(40)41(35)45(29-50-22-24-52(2,3)4)30-51-23-25-53(5,6)7/h9-13,18-21,27-28,31,33H,8,14-17,22-26,29-30H2,1-7H3,(H,47,48)/b21-20+. The molecule has 0 radical (unpaired) electrons. The van der Waals surface area contributed by atoms with Gasteiger partial charge in [-0.05, 0) is 62.8 Å². The minimum atomic E-state index is -1.31. The molecule has 1 saturated carbocycles. The number of pyridine rings is 1. The molecule has 1 aliphatic carbocycles. The molecule has 1 aliphatic rings.